The molecule has 5 aromatic carbocycles. The fourth-order valence-electron chi connectivity index (χ4n) is 6.42. The standard InChI is InChI=1S/C35H32NO.C13H12N.Ir/c1-6-35(5,7-2)25-16-18-26(22(3)19-25)31-20-32(36-21-23(31)4)30-14-10-13-28-29-17-15-24-11-8-9-12-27(24)33(29)37-34(28)30;1-10-3-6-12(7-4-10)13-8-5-11(2)9-14-13;/h8-13,15-21H,6-7H2,1-5H3;3-6,8-9H,1-2H3;/q2*-1;/i3D3,4D3;1D3,2D3;. The van der Waals surface area contributed by atoms with E-state index >= 15 is 0 Å². The molecule has 0 N–H and O–H groups in total. The Labute approximate surface area is 338 Å². The number of aromatic nitrogens is 2. The van der Waals surface area contributed by atoms with E-state index in [4.69, 9.17) is 20.9 Å². The maximum atomic E-state index is 8.41. The molecule has 0 unspecified atom stereocenters. The Bertz CT molecular complexity index is 2870. The maximum absolute atomic E-state index is 8.41. The molecule has 0 amide bonds. The van der Waals surface area contributed by atoms with E-state index in [0.29, 0.717) is 39.2 Å². The van der Waals surface area contributed by atoms with Crippen molar-refractivity contribution in [2.45, 2.75) is 66.4 Å². The second-order valence-corrected chi connectivity index (χ2v) is 12.9. The summed E-state index contributed by atoms with van der Waals surface area (Å²) in [5.41, 5.74) is 5.41. The van der Waals surface area contributed by atoms with Gasteiger partial charge in [-0.2, -0.15) is 0 Å². The quantitative estimate of drug-likeness (QED) is 0.156. The van der Waals surface area contributed by atoms with Crippen LogP contribution in [0.25, 0.3) is 66.4 Å². The van der Waals surface area contributed by atoms with Crippen molar-refractivity contribution in [3.63, 3.8) is 0 Å². The van der Waals surface area contributed by atoms with Crippen molar-refractivity contribution in [3.05, 3.63) is 155 Å². The number of hydrogen-bond acceptors (Lipinski definition) is 3. The number of hydrogen-bond donors (Lipinski definition) is 0. The monoisotopic (exact) mass is 869 g/mol. The van der Waals surface area contributed by atoms with Gasteiger partial charge in [-0.25, -0.2) is 0 Å². The average Bonchev–Trinajstić information content (AvgIpc) is 3.64. The first-order valence-corrected chi connectivity index (χ1v) is 16.9. The number of rotatable bonds is 6. The normalized spacial score (nSPS) is 15.8. The molecule has 1 radical (unpaired) electrons. The molecule has 3 heterocycles. The van der Waals surface area contributed by atoms with Crippen LogP contribution in [0.2, 0.25) is 0 Å². The number of nitrogens with zero attached hydrogens (tertiary/aromatic N) is 2. The minimum Gasteiger partial charge on any atom is -0.500 e. The van der Waals surface area contributed by atoms with Crippen molar-refractivity contribution in [3.8, 4) is 33.6 Å². The SMILES string of the molecule is [2H]C([2H])([2H])c1c[c-]c(-c2ccc(C([2H])([2H])[2H])cn2)cc1.[2H]C([2H])([2H])c1cnc(-c2[c-]ccc3c2oc2c4ccccc4ccc32)cc1-c1ccc(C(C)(CC)CC)cc1C([2H])([2H])[2H].[Ir]. The summed E-state index contributed by atoms with van der Waals surface area (Å²) >= 11 is 0. The molecule has 0 aliphatic heterocycles. The van der Waals surface area contributed by atoms with Gasteiger partial charge >= 0.3 is 0 Å². The minimum absolute atomic E-state index is 0. The molecule has 8 aromatic rings. The zero-order chi connectivity index (χ0) is 45.7. The number of pyridine rings is 2. The number of fused-ring (bicyclic) bond motifs is 5. The van der Waals surface area contributed by atoms with Crippen molar-refractivity contribution in [1.82, 2.24) is 9.97 Å². The van der Waals surface area contributed by atoms with Crippen molar-refractivity contribution in [1.29, 1.82) is 0 Å². The zero-order valence-electron chi connectivity index (χ0n) is 41.0. The van der Waals surface area contributed by atoms with E-state index in [1.165, 1.54) is 30.6 Å². The predicted molar refractivity (Wildman–Crippen MR) is 214 cm³/mol. The molecule has 0 spiro atoms. The second kappa shape index (κ2) is 15.4. The van der Waals surface area contributed by atoms with Crippen LogP contribution in [0.4, 0.5) is 0 Å². The van der Waals surface area contributed by atoms with Crippen LogP contribution >= 0.6 is 0 Å². The third kappa shape index (κ3) is 7.11. The van der Waals surface area contributed by atoms with Gasteiger partial charge in [-0.3, -0.25) is 0 Å². The third-order valence-electron chi connectivity index (χ3n) is 9.90. The van der Waals surface area contributed by atoms with Gasteiger partial charge < -0.3 is 14.4 Å². The molecular weight excluding hydrogens is 813 g/mol. The van der Waals surface area contributed by atoms with Gasteiger partial charge in [0, 0.05) is 59.7 Å². The van der Waals surface area contributed by atoms with Crippen molar-refractivity contribution in [2.75, 3.05) is 0 Å². The molecular formula is C48H44IrN2O-2. The summed E-state index contributed by atoms with van der Waals surface area (Å²) in [6.07, 6.45) is 4.32. The summed E-state index contributed by atoms with van der Waals surface area (Å²) < 4.78 is 100. The van der Waals surface area contributed by atoms with Gasteiger partial charge in [0.25, 0.3) is 0 Å². The summed E-state index contributed by atoms with van der Waals surface area (Å²) in [6, 6.07) is 36.6. The van der Waals surface area contributed by atoms with Crippen molar-refractivity contribution >= 4 is 32.7 Å². The topological polar surface area (TPSA) is 38.9 Å². The van der Waals surface area contributed by atoms with Crippen molar-refractivity contribution < 1.29 is 41.0 Å². The fourth-order valence-corrected chi connectivity index (χ4v) is 6.42. The van der Waals surface area contributed by atoms with E-state index in [1.54, 1.807) is 36.4 Å². The fraction of sp³-hybridized carbons (Fsp3) is 0.208. The van der Waals surface area contributed by atoms with Gasteiger partial charge in [0.05, 0.1) is 5.58 Å². The molecule has 0 saturated carbocycles. The van der Waals surface area contributed by atoms with Crippen LogP contribution in [-0.4, -0.2) is 9.97 Å². The Morgan fingerprint density at radius 1 is 0.673 bits per heavy atom. The molecule has 0 fully saturated rings. The number of furan rings is 1. The summed E-state index contributed by atoms with van der Waals surface area (Å²) in [6.45, 7) is -3.01. The molecule has 0 bridgehead atoms. The van der Waals surface area contributed by atoms with E-state index in [0.717, 1.165) is 45.5 Å². The summed E-state index contributed by atoms with van der Waals surface area (Å²) in [5.74, 6) is 0. The average molecular weight is 869 g/mol. The van der Waals surface area contributed by atoms with Gasteiger partial charge in [0.15, 0.2) is 0 Å². The first kappa shape index (κ1) is 24.4. The maximum Gasteiger partial charge on any atom is 0.128 e. The van der Waals surface area contributed by atoms with E-state index in [1.807, 2.05) is 42.5 Å². The van der Waals surface area contributed by atoms with Crippen LogP contribution in [0.5, 0.6) is 0 Å². The molecule has 52 heavy (non-hydrogen) atoms. The largest absolute Gasteiger partial charge is 0.500 e. The van der Waals surface area contributed by atoms with E-state index < -0.39 is 27.4 Å². The Hall–Kier alpha value is -4.89. The summed E-state index contributed by atoms with van der Waals surface area (Å²) in [4.78, 5) is 8.64. The van der Waals surface area contributed by atoms with Gasteiger partial charge in [0.1, 0.15) is 5.58 Å². The Morgan fingerprint density at radius 2 is 1.46 bits per heavy atom. The van der Waals surface area contributed by atoms with Crippen molar-refractivity contribution in [2.24, 2.45) is 0 Å². The first-order chi connectivity index (χ1) is 29.5. The van der Waals surface area contributed by atoms with Crippen LogP contribution in [0.3, 0.4) is 0 Å². The summed E-state index contributed by atoms with van der Waals surface area (Å²) in [5, 5.41) is 3.90. The van der Waals surface area contributed by atoms with Gasteiger partial charge in [-0.15, -0.1) is 53.6 Å². The molecule has 0 saturated heterocycles. The zero-order valence-corrected chi connectivity index (χ0v) is 31.4. The van der Waals surface area contributed by atoms with Gasteiger partial charge in [0.2, 0.25) is 0 Å². The molecule has 3 nitrogen and oxygen atoms in total. The predicted octanol–water partition coefficient (Wildman–Crippen LogP) is 13.1. The minimum atomic E-state index is -2.51. The first-order valence-electron chi connectivity index (χ1n) is 22.9. The second-order valence-electron chi connectivity index (χ2n) is 12.9. The molecule has 263 valence electrons. The van der Waals surface area contributed by atoms with Crippen LogP contribution in [0.15, 0.2) is 120 Å². The third-order valence-corrected chi connectivity index (χ3v) is 9.90. The smallest absolute Gasteiger partial charge is 0.128 e. The van der Waals surface area contributed by atoms with Gasteiger partial charge in [-0.05, 0) is 89.0 Å². The van der Waals surface area contributed by atoms with E-state index in [2.05, 4.69) is 48.9 Å². The number of aryl methyl sites for hydroxylation is 4. The van der Waals surface area contributed by atoms with Gasteiger partial charge in [-0.1, -0.05) is 111 Å². The molecule has 3 aromatic heterocycles. The molecule has 4 heteroatoms. The molecule has 0 aliphatic carbocycles. The van der Waals surface area contributed by atoms with E-state index in [-0.39, 0.29) is 47.8 Å². The number of benzene rings is 5. The van der Waals surface area contributed by atoms with Crippen LogP contribution < -0.4 is 0 Å². The summed E-state index contributed by atoms with van der Waals surface area (Å²) in [7, 11) is 0. The Kier molecular flexibility index (Phi) is 7.21. The van der Waals surface area contributed by atoms with Crippen LogP contribution in [0.1, 0.15) is 77.9 Å². The molecule has 0 aliphatic rings. The Morgan fingerprint density at radius 3 is 2.19 bits per heavy atom. The van der Waals surface area contributed by atoms with E-state index in [9.17, 15) is 0 Å². The Balaban J connectivity index is 0.000000272. The van der Waals surface area contributed by atoms with Crippen LogP contribution in [0, 0.1) is 39.5 Å². The molecule has 0 atom stereocenters. The van der Waals surface area contributed by atoms with Crippen LogP contribution in [-0.2, 0) is 25.5 Å². The molecule has 8 rings (SSSR count).